The fourth-order valence-corrected chi connectivity index (χ4v) is 3.95. The van der Waals surface area contributed by atoms with E-state index < -0.39 is 0 Å². The molecule has 0 bridgehead atoms. The van der Waals surface area contributed by atoms with Gasteiger partial charge in [0.05, 0.1) is 6.61 Å². The van der Waals surface area contributed by atoms with Crippen LogP contribution in [-0.4, -0.2) is 47.3 Å². The zero-order chi connectivity index (χ0) is 16.0. The quantitative estimate of drug-likeness (QED) is 0.722. The van der Waals surface area contributed by atoms with Gasteiger partial charge in [-0.25, -0.2) is 0 Å². The van der Waals surface area contributed by atoms with Gasteiger partial charge in [0.15, 0.2) is 0 Å². The van der Waals surface area contributed by atoms with Crippen LogP contribution in [0.3, 0.4) is 0 Å². The van der Waals surface area contributed by atoms with Gasteiger partial charge in [-0.05, 0) is 51.0 Å². The average Bonchev–Trinajstić information content (AvgIpc) is 2.42. The molecule has 1 aliphatic rings. The van der Waals surface area contributed by atoms with Gasteiger partial charge in [0.25, 0.3) is 0 Å². The summed E-state index contributed by atoms with van der Waals surface area (Å²) in [4.78, 5) is 2.66. The Morgan fingerprint density at radius 1 is 1.29 bits per heavy atom. The topological polar surface area (TPSA) is 35.5 Å². The number of aliphatic hydroxyl groups excluding tert-OH is 1. The summed E-state index contributed by atoms with van der Waals surface area (Å²) in [5.41, 5.74) is -0.0928. The van der Waals surface area contributed by atoms with Crippen LogP contribution >= 0.6 is 0 Å². The molecule has 0 spiro atoms. The Hall–Kier alpha value is -0.120. The molecule has 0 amide bonds. The maximum Gasteiger partial charge on any atom is 0.0613 e. The van der Waals surface area contributed by atoms with Crippen molar-refractivity contribution in [2.45, 2.75) is 84.8 Å². The van der Waals surface area contributed by atoms with Crippen molar-refractivity contribution >= 4 is 0 Å². The van der Waals surface area contributed by atoms with E-state index in [1.165, 1.54) is 13.0 Å². The van der Waals surface area contributed by atoms with Crippen LogP contribution in [0.4, 0.5) is 0 Å². The van der Waals surface area contributed by atoms with Crippen molar-refractivity contribution in [1.82, 2.24) is 10.2 Å². The minimum absolute atomic E-state index is 0.0928. The predicted octanol–water partition coefficient (Wildman–Crippen LogP) is 3.27. The Balaban J connectivity index is 2.49. The molecule has 0 aliphatic carbocycles. The van der Waals surface area contributed by atoms with E-state index in [1.54, 1.807) is 0 Å². The molecule has 1 aliphatic heterocycles. The highest BCUT2D eigenvalue weighted by atomic mass is 16.3. The van der Waals surface area contributed by atoms with Crippen molar-refractivity contribution in [2.24, 2.45) is 11.8 Å². The molecule has 1 rings (SSSR count). The van der Waals surface area contributed by atoms with Crippen molar-refractivity contribution in [3.05, 3.63) is 0 Å². The summed E-state index contributed by atoms with van der Waals surface area (Å²) in [6.07, 6.45) is 4.58. The molecule has 0 saturated carbocycles. The van der Waals surface area contributed by atoms with Gasteiger partial charge < -0.3 is 15.3 Å². The first-order valence-electron chi connectivity index (χ1n) is 8.96. The van der Waals surface area contributed by atoms with Crippen LogP contribution in [0.1, 0.15) is 67.2 Å². The van der Waals surface area contributed by atoms with Crippen LogP contribution in [0.15, 0.2) is 0 Å². The van der Waals surface area contributed by atoms with Crippen molar-refractivity contribution < 1.29 is 5.11 Å². The third-order valence-electron chi connectivity index (χ3n) is 5.39. The molecule has 2 N–H and O–H groups in total. The van der Waals surface area contributed by atoms with E-state index in [-0.39, 0.29) is 12.1 Å². The molecule has 0 aromatic rings. The summed E-state index contributed by atoms with van der Waals surface area (Å²) >= 11 is 0. The second-order valence-electron chi connectivity index (χ2n) is 7.75. The average molecular weight is 299 g/mol. The third-order valence-corrected chi connectivity index (χ3v) is 5.39. The number of likely N-dealkylation sites (tertiary alicyclic amines) is 1. The summed E-state index contributed by atoms with van der Waals surface area (Å²) in [7, 11) is 0. The normalized spacial score (nSPS) is 30.6. The summed E-state index contributed by atoms with van der Waals surface area (Å²) < 4.78 is 0. The lowest BCUT2D eigenvalue weighted by Crippen LogP contribution is -2.52. The predicted molar refractivity (Wildman–Crippen MR) is 91.6 cm³/mol. The van der Waals surface area contributed by atoms with Gasteiger partial charge in [-0.1, -0.05) is 34.6 Å². The number of rotatable bonds is 8. The zero-order valence-electron chi connectivity index (χ0n) is 15.2. The molecule has 1 saturated heterocycles. The lowest BCUT2D eigenvalue weighted by atomic mass is 9.85. The lowest BCUT2D eigenvalue weighted by Gasteiger charge is -2.42. The van der Waals surface area contributed by atoms with Crippen molar-refractivity contribution in [3.63, 3.8) is 0 Å². The first-order valence-corrected chi connectivity index (χ1v) is 8.96. The lowest BCUT2D eigenvalue weighted by molar-refractivity contribution is 0.0703. The van der Waals surface area contributed by atoms with Crippen LogP contribution in [0.5, 0.6) is 0 Å². The number of nitrogens with one attached hydrogen (secondary N) is 1. The molecule has 21 heavy (non-hydrogen) atoms. The Bertz CT molecular complexity index is 289. The van der Waals surface area contributed by atoms with E-state index in [1.807, 2.05) is 0 Å². The highest BCUT2D eigenvalue weighted by Gasteiger charge is 2.30. The number of piperidine rings is 1. The molecule has 3 nitrogen and oxygen atoms in total. The van der Waals surface area contributed by atoms with E-state index in [0.717, 1.165) is 37.6 Å². The first-order chi connectivity index (χ1) is 9.83. The molecule has 0 radical (unpaired) electrons. The van der Waals surface area contributed by atoms with Crippen LogP contribution in [0, 0.1) is 11.8 Å². The van der Waals surface area contributed by atoms with E-state index >= 15 is 0 Å². The zero-order valence-corrected chi connectivity index (χ0v) is 15.2. The molecule has 0 aromatic heterocycles. The molecular formula is C18H38N2O. The van der Waals surface area contributed by atoms with Gasteiger partial charge >= 0.3 is 0 Å². The molecule has 1 heterocycles. The van der Waals surface area contributed by atoms with Gasteiger partial charge in [-0.15, -0.1) is 0 Å². The minimum Gasteiger partial charge on any atom is -0.394 e. The van der Waals surface area contributed by atoms with Gasteiger partial charge in [-0.3, -0.25) is 0 Å². The molecule has 3 heteroatoms. The minimum atomic E-state index is -0.0928. The second-order valence-corrected chi connectivity index (χ2v) is 7.75. The number of aliphatic hydroxyl groups is 1. The Morgan fingerprint density at radius 3 is 2.48 bits per heavy atom. The number of hydrogen-bond acceptors (Lipinski definition) is 3. The number of nitrogens with zero attached hydrogens (tertiary/aromatic N) is 1. The van der Waals surface area contributed by atoms with Crippen molar-refractivity contribution in [3.8, 4) is 0 Å². The largest absolute Gasteiger partial charge is 0.394 e. The standard InChI is InChI=1S/C18H38N2O/c1-7-18(13-21,19-14(2)3)9-8-10-20-12-15(4)11-16(5)17(20)6/h14-17,19,21H,7-13H2,1-6H3. The second kappa shape index (κ2) is 8.50. The fraction of sp³-hybridized carbons (Fsp3) is 1.00. The van der Waals surface area contributed by atoms with Gasteiger partial charge in [-0.2, -0.15) is 0 Å². The summed E-state index contributed by atoms with van der Waals surface area (Å²) in [6, 6.07) is 1.12. The van der Waals surface area contributed by atoms with Crippen LogP contribution < -0.4 is 5.32 Å². The fourth-order valence-electron chi connectivity index (χ4n) is 3.95. The summed E-state index contributed by atoms with van der Waals surface area (Å²) in [5, 5.41) is 13.4. The Morgan fingerprint density at radius 2 is 1.95 bits per heavy atom. The molecule has 4 atom stereocenters. The number of hydrogen-bond donors (Lipinski definition) is 2. The van der Waals surface area contributed by atoms with Crippen molar-refractivity contribution in [1.29, 1.82) is 0 Å². The highest BCUT2D eigenvalue weighted by molar-refractivity contribution is 4.89. The van der Waals surface area contributed by atoms with E-state index in [4.69, 9.17) is 0 Å². The van der Waals surface area contributed by atoms with Gasteiger partial charge in [0.1, 0.15) is 0 Å². The highest BCUT2D eigenvalue weighted by Crippen LogP contribution is 2.27. The Labute approximate surface area is 132 Å². The maximum atomic E-state index is 9.82. The molecule has 1 fully saturated rings. The monoisotopic (exact) mass is 298 g/mol. The van der Waals surface area contributed by atoms with Crippen LogP contribution in [0.2, 0.25) is 0 Å². The SMILES string of the molecule is CCC(CO)(CCCN1CC(C)CC(C)C1C)NC(C)C. The Kier molecular flexibility index (Phi) is 7.66. The molecular weight excluding hydrogens is 260 g/mol. The summed E-state index contributed by atoms with van der Waals surface area (Å²) in [5.74, 6) is 1.62. The summed E-state index contributed by atoms with van der Waals surface area (Å²) in [6.45, 7) is 16.3. The van der Waals surface area contributed by atoms with E-state index in [2.05, 4.69) is 51.8 Å². The van der Waals surface area contributed by atoms with Gasteiger partial charge in [0.2, 0.25) is 0 Å². The van der Waals surface area contributed by atoms with E-state index in [9.17, 15) is 5.11 Å². The van der Waals surface area contributed by atoms with Crippen LogP contribution in [0.25, 0.3) is 0 Å². The van der Waals surface area contributed by atoms with Crippen molar-refractivity contribution in [2.75, 3.05) is 19.7 Å². The smallest absolute Gasteiger partial charge is 0.0613 e. The third kappa shape index (κ3) is 5.54. The van der Waals surface area contributed by atoms with Crippen LogP contribution in [-0.2, 0) is 0 Å². The molecule has 4 unspecified atom stereocenters. The molecule has 0 aromatic carbocycles. The first kappa shape index (κ1) is 18.9. The van der Waals surface area contributed by atoms with E-state index in [0.29, 0.717) is 12.1 Å². The molecule has 126 valence electrons. The maximum absolute atomic E-state index is 9.82. The van der Waals surface area contributed by atoms with Gasteiger partial charge in [0, 0.05) is 24.2 Å².